The van der Waals surface area contributed by atoms with E-state index in [9.17, 15) is 8.78 Å². The summed E-state index contributed by atoms with van der Waals surface area (Å²) in [6, 6.07) is 25.8. The Bertz CT molecular complexity index is 1190. The Balaban J connectivity index is 1.30. The number of hydrogen-bond donors (Lipinski definition) is 0. The van der Waals surface area contributed by atoms with Crippen LogP contribution in [0.3, 0.4) is 0 Å². The smallest absolute Gasteiger partial charge is 0.387 e. The van der Waals surface area contributed by atoms with E-state index in [1.165, 1.54) is 5.56 Å². The first kappa shape index (κ1) is 21.1. The number of benzene rings is 3. The van der Waals surface area contributed by atoms with Gasteiger partial charge in [0.2, 0.25) is 0 Å². The van der Waals surface area contributed by atoms with Gasteiger partial charge in [-0.05, 0) is 60.2 Å². The maximum atomic E-state index is 12.5. The highest BCUT2D eigenvalue weighted by Crippen LogP contribution is 2.52. The molecule has 0 radical (unpaired) electrons. The van der Waals surface area contributed by atoms with Crippen molar-refractivity contribution in [3.05, 3.63) is 95.6 Å². The maximum absolute atomic E-state index is 12.5. The van der Waals surface area contributed by atoms with E-state index in [1.54, 1.807) is 24.3 Å². The number of fused-ring (bicyclic) bond motifs is 4. The minimum absolute atomic E-state index is 0.102. The molecule has 0 aromatic heterocycles. The molecule has 3 aliphatic rings. The van der Waals surface area contributed by atoms with Gasteiger partial charge < -0.3 is 9.47 Å². The summed E-state index contributed by atoms with van der Waals surface area (Å²) in [5.74, 6) is 1.62. The van der Waals surface area contributed by atoms with Gasteiger partial charge in [-0.2, -0.15) is 13.9 Å². The molecule has 0 bridgehead atoms. The second kappa shape index (κ2) is 8.42. The Kier molecular flexibility index (Phi) is 5.24. The summed E-state index contributed by atoms with van der Waals surface area (Å²) in [4.78, 5) is 0. The average molecular weight is 461 g/mol. The summed E-state index contributed by atoms with van der Waals surface area (Å²) < 4.78 is 36.3. The summed E-state index contributed by atoms with van der Waals surface area (Å²) in [5, 5.41) is 7.27. The first-order valence-corrected chi connectivity index (χ1v) is 11.9. The van der Waals surface area contributed by atoms with E-state index in [1.807, 2.05) is 12.1 Å². The first-order chi connectivity index (χ1) is 16.6. The topological polar surface area (TPSA) is 34.1 Å². The van der Waals surface area contributed by atoms with E-state index in [0.717, 1.165) is 54.7 Å². The van der Waals surface area contributed by atoms with Crippen LogP contribution in [0.1, 0.15) is 60.8 Å². The minimum Gasteiger partial charge on any atom is -0.466 e. The van der Waals surface area contributed by atoms with E-state index < -0.39 is 12.3 Å². The summed E-state index contributed by atoms with van der Waals surface area (Å²) >= 11 is 0. The molecule has 1 fully saturated rings. The molecule has 174 valence electrons. The van der Waals surface area contributed by atoms with Gasteiger partial charge in [0, 0.05) is 24.8 Å². The Hall–Kier alpha value is -3.41. The molecule has 1 saturated carbocycles. The highest BCUT2D eigenvalue weighted by molar-refractivity contribution is 6.02. The molecule has 0 amide bonds. The zero-order valence-electron chi connectivity index (χ0n) is 18.7. The molecule has 1 spiro atoms. The molecule has 3 aromatic carbocycles. The van der Waals surface area contributed by atoms with Crippen LogP contribution in [0.25, 0.3) is 0 Å². The SMILES string of the molecule is FC(F)Oc1ccc(C2=NN3[C@H](C2)c2ccccc2OC32CCC(c3ccccc3)CC2)cc1. The summed E-state index contributed by atoms with van der Waals surface area (Å²) in [7, 11) is 0. The number of para-hydroxylation sites is 1. The average Bonchev–Trinajstić information content (AvgIpc) is 3.32. The monoisotopic (exact) mass is 460 g/mol. The molecule has 0 N–H and O–H groups in total. The summed E-state index contributed by atoms with van der Waals surface area (Å²) in [5.41, 5.74) is 3.93. The number of hydrazone groups is 1. The van der Waals surface area contributed by atoms with E-state index in [2.05, 4.69) is 52.2 Å². The van der Waals surface area contributed by atoms with Crippen LogP contribution in [0, 0.1) is 0 Å². The lowest BCUT2D eigenvalue weighted by atomic mass is 9.78. The molecule has 1 atom stereocenters. The molecule has 0 unspecified atom stereocenters. The molecular weight excluding hydrogens is 434 g/mol. The molecule has 3 aromatic rings. The highest BCUT2D eigenvalue weighted by Gasteiger charge is 2.51. The van der Waals surface area contributed by atoms with Crippen molar-refractivity contribution in [1.82, 2.24) is 5.01 Å². The van der Waals surface area contributed by atoms with Crippen LogP contribution < -0.4 is 9.47 Å². The van der Waals surface area contributed by atoms with Crippen LogP contribution >= 0.6 is 0 Å². The number of alkyl halides is 2. The van der Waals surface area contributed by atoms with Crippen molar-refractivity contribution in [3.63, 3.8) is 0 Å². The van der Waals surface area contributed by atoms with Crippen LogP contribution in [-0.2, 0) is 0 Å². The fourth-order valence-electron chi connectivity index (χ4n) is 5.69. The zero-order valence-corrected chi connectivity index (χ0v) is 18.7. The largest absolute Gasteiger partial charge is 0.466 e. The highest BCUT2D eigenvalue weighted by atomic mass is 19.3. The van der Waals surface area contributed by atoms with Crippen molar-refractivity contribution in [3.8, 4) is 11.5 Å². The lowest BCUT2D eigenvalue weighted by Crippen LogP contribution is -2.55. The molecule has 4 nitrogen and oxygen atoms in total. The fraction of sp³-hybridized carbons (Fsp3) is 0.321. The van der Waals surface area contributed by atoms with E-state index >= 15 is 0 Å². The molecule has 6 rings (SSSR count). The third-order valence-electron chi connectivity index (χ3n) is 7.36. The van der Waals surface area contributed by atoms with Gasteiger partial charge in [-0.1, -0.05) is 48.5 Å². The number of ether oxygens (including phenoxy) is 2. The first-order valence-electron chi connectivity index (χ1n) is 11.9. The molecule has 0 saturated heterocycles. The minimum atomic E-state index is -2.83. The maximum Gasteiger partial charge on any atom is 0.387 e. The Morgan fingerprint density at radius 1 is 0.912 bits per heavy atom. The lowest BCUT2D eigenvalue weighted by Gasteiger charge is -2.50. The zero-order chi connectivity index (χ0) is 23.1. The van der Waals surface area contributed by atoms with Gasteiger partial charge in [-0.15, -0.1) is 0 Å². The van der Waals surface area contributed by atoms with Crippen LogP contribution in [0.2, 0.25) is 0 Å². The second-order valence-corrected chi connectivity index (χ2v) is 9.29. The predicted molar refractivity (Wildman–Crippen MR) is 126 cm³/mol. The van der Waals surface area contributed by atoms with Crippen molar-refractivity contribution in [2.75, 3.05) is 0 Å². The summed E-state index contributed by atoms with van der Waals surface area (Å²) in [6.45, 7) is -2.83. The molecular formula is C28H26F2N2O2. The lowest BCUT2D eigenvalue weighted by molar-refractivity contribution is -0.142. The van der Waals surface area contributed by atoms with E-state index in [4.69, 9.17) is 9.84 Å². The number of rotatable bonds is 4. The quantitative estimate of drug-likeness (QED) is 0.425. The van der Waals surface area contributed by atoms with Gasteiger partial charge in [-0.25, -0.2) is 5.01 Å². The van der Waals surface area contributed by atoms with Crippen molar-refractivity contribution in [2.45, 2.75) is 56.4 Å². The van der Waals surface area contributed by atoms with Gasteiger partial charge in [0.05, 0.1) is 11.8 Å². The van der Waals surface area contributed by atoms with Crippen molar-refractivity contribution >= 4 is 5.71 Å². The van der Waals surface area contributed by atoms with E-state index in [-0.39, 0.29) is 11.8 Å². The van der Waals surface area contributed by atoms with Gasteiger partial charge in [0.15, 0.2) is 5.72 Å². The van der Waals surface area contributed by atoms with Gasteiger partial charge in [-0.3, -0.25) is 0 Å². The van der Waals surface area contributed by atoms with Crippen molar-refractivity contribution in [2.24, 2.45) is 5.10 Å². The normalized spacial score (nSPS) is 25.5. The van der Waals surface area contributed by atoms with Gasteiger partial charge in [0.25, 0.3) is 0 Å². The molecule has 2 aliphatic heterocycles. The molecule has 6 heteroatoms. The Labute approximate surface area is 197 Å². The van der Waals surface area contributed by atoms with Crippen LogP contribution in [0.15, 0.2) is 84.0 Å². The number of halogens is 2. The van der Waals surface area contributed by atoms with Crippen molar-refractivity contribution in [1.29, 1.82) is 0 Å². The fourth-order valence-corrected chi connectivity index (χ4v) is 5.69. The van der Waals surface area contributed by atoms with E-state index in [0.29, 0.717) is 5.92 Å². The predicted octanol–water partition coefficient (Wildman–Crippen LogP) is 6.89. The molecule has 34 heavy (non-hydrogen) atoms. The van der Waals surface area contributed by atoms with Gasteiger partial charge in [0.1, 0.15) is 11.5 Å². The Morgan fingerprint density at radius 3 is 2.35 bits per heavy atom. The second-order valence-electron chi connectivity index (χ2n) is 9.29. The number of nitrogens with zero attached hydrogens (tertiary/aromatic N) is 2. The van der Waals surface area contributed by atoms with Crippen LogP contribution in [-0.4, -0.2) is 23.1 Å². The standard InChI is InChI=1S/C28H26F2N2O2/c29-27(30)33-22-12-10-21(11-13-22)24-18-25-23-8-4-5-9-26(23)34-28(32(25)31-24)16-14-20(15-17-28)19-6-2-1-3-7-19/h1-13,20,25,27H,14-18H2/t20?,25-,28?/m1/s1. The molecule has 2 heterocycles. The number of hydrogen-bond acceptors (Lipinski definition) is 4. The third-order valence-corrected chi connectivity index (χ3v) is 7.36. The van der Waals surface area contributed by atoms with Crippen LogP contribution in [0.5, 0.6) is 11.5 Å². The van der Waals surface area contributed by atoms with Crippen molar-refractivity contribution < 1.29 is 18.3 Å². The van der Waals surface area contributed by atoms with Gasteiger partial charge >= 0.3 is 6.61 Å². The Morgan fingerprint density at radius 2 is 1.62 bits per heavy atom. The van der Waals surface area contributed by atoms with Crippen LogP contribution in [0.4, 0.5) is 8.78 Å². The molecule has 1 aliphatic carbocycles. The summed E-state index contributed by atoms with van der Waals surface area (Å²) in [6.07, 6.45) is 4.63. The third kappa shape index (κ3) is 3.71.